The number of nitrogens with zero attached hydrogens (tertiary/aromatic N) is 1. The molecule has 1 N–H and O–H groups in total. The number of pyridine rings is 1. The Morgan fingerprint density at radius 1 is 1.13 bits per heavy atom. The van der Waals surface area contributed by atoms with E-state index in [9.17, 15) is 9.59 Å². The monoisotopic (exact) mass is 312 g/mol. The van der Waals surface area contributed by atoms with E-state index < -0.39 is 0 Å². The van der Waals surface area contributed by atoms with E-state index in [1.807, 2.05) is 18.2 Å². The van der Waals surface area contributed by atoms with Crippen molar-refractivity contribution in [3.63, 3.8) is 0 Å². The number of Topliss-reactive ketones (excluding diaryl/α,β-unsaturated/α-hetero) is 1. The normalized spacial score (nSPS) is 10.4. The van der Waals surface area contributed by atoms with E-state index in [1.54, 1.807) is 32.2 Å². The quantitative estimate of drug-likeness (QED) is 0.833. The highest BCUT2D eigenvalue weighted by Gasteiger charge is 2.11. The minimum Gasteiger partial charge on any atom is -0.380 e. The molecule has 1 aromatic heterocycles. The number of carbonyl (C=O) groups is 2. The zero-order valence-corrected chi connectivity index (χ0v) is 13.6. The van der Waals surface area contributed by atoms with Crippen LogP contribution in [0.25, 0.3) is 0 Å². The first-order valence-corrected chi connectivity index (χ1v) is 7.35. The highest BCUT2D eigenvalue weighted by molar-refractivity contribution is 5.96. The number of hydrogen-bond acceptors (Lipinski definition) is 4. The minimum absolute atomic E-state index is 0.0147. The van der Waals surface area contributed by atoms with E-state index in [0.29, 0.717) is 35.7 Å². The molecule has 1 heterocycles. The average molecular weight is 312 g/mol. The Morgan fingerprint density at radius 2 is 1.87 bits per heavy atom. The van der Waals surface area contributed by atoms with Crippen LogP contribution in [0.1, 0.15) is 44.6 Å². The lowest BCUT2D eigenvalue weighted by Crippen LogP contribution is -2.24. The molecule has 2 aromatic rings. The molecular formula is C18H20N2O3. The van der Waals surface area contributed by atoms with E-state index in [0.717, 1.165) is 5.56 Å². The molecule has 0 atom stereocenters. The van der Waals surface area contributed by atoms with E-state index in [-0.39, 0.29) is 11.7 Å². The van der Waals surface area contributed by atoms with Gasteiger partial charge in [0, 0.05) is 23.9 Å². The summed E-state index contributed by atoms with van der Waals surface area (Å²) in [5.74, 6) is -0.188. The molecule has 0 aliphatic carbocycles. The van der Waals surface area contributed by atoms with Crippen LogP contribution in [0.15, 0.2) is 36.4 Å². The van der Waals surface area contributed by atoms with Crippen molar-refractivity contribution in [3.8, 4) is 0 Å². The van der Waals surface area contributed by atoms with Gasteiger partial charge in [-0.05, 0) is 37.6 Å². The van der Waals surface area contributed by atoms with Crippen molar-refractivity contribution < 1.29 is 14.3 Å². The number of benzene rings is 1. The van der Waals surface area contributed by atoms with Gasteiger partial charge in [0.15, 0.2) is 5.78 Å². The number of ether oxygens (including phenoxy) is 1. The predicted molar refractivity (Wildman–Crippen MR) is 87.3 cm³/mol. The molecule has 1 aromatic carbocycles. The lowest BCUT2D eigenvalue weighted by molar-refractivity contribution is 0.0944. The topological polar surface area (TPSA) is 68.3 Å². The Labute approximate surface area is 135 Å². The predicted octanol–water partition coefficient (Wildman–Crippen LogP) is 2.67. The van der Waals surface area contributed by atoms with Gasteiger partial charge in [0.1, 0.15) is 0 Å². The fourth-order valence-electron chi connectivity index (χ4n) is 2.37. The number of aromatic nitrogens is 1. The number of nitrogens with one attached hydrogen (secondary N) is 1. The van der Waals surface area contributed by atoms with Crippen LogP contribution < -0.4 is 5.32 Å². The molecule has 0 spiro atoms. The molecule has 5 heteroatoms. The Bertz CT molecular complexity index is 726. The summed E-state index contributed by atoms with van der Waals surface area (Å²) in [6.45, 7) is 3.99. The smallest absolute Gasteiger partial charge is 0.251 e. The highest BCUT2D eigenvalue weighted by Crippen LogP contribution is 2.11. The van der Waals surface area contributed by atoms with Crippen molar-refractivity contribution in [2.24, 2.45) is 0 Å². The van der Waals surface area contributed by atoms with Gasteiger partial charge in [-0.2, -0.15) is 0 Å². The summed E-state index contributed by atoms with van der Waals surface area (Å²) in [6, 6.07) is 10.8. The van der Waals surface area contributed by atoms with Gasteiger partial charge in [-0.25, -0.2) is 0 Å². The molecule has 0 saturated carbocycles. The molecule has 0 aliphatic rings. The molecule has 1 amide bonds. The van der Waals surface area contributed by atoms with Gasteiger partial charge in [0.25, 0.3) is 5.91 Å². The van der Waals surface area contributed by atoms with Crippen LogP contribution in [0.2, 0.25) is 0 Å². The van der Waals surface area contributed by atoms with Gasteiger partial charge < -0.3 is 10.1 Å². The number of ketones is 1. The van der Waals surface area contributed by atoms with E-state index in [1.165, 1.54) is 6.92 Å². The van der Waals surface area contributed by atoms with Crippen LogP contribution in [0.4, 0.5) is 0 Å². The van der Waals surface area contributed by atoms with Crippen LogP contribution in [0.5, 0.6) is 0 Å². The molecule has 120 valence electrons. The Hall–Kier alpha value is -2.53. The zero-order valence-electron chi connectivity index (χ0n) is 13.6. The highest BCUT2D eigenvalue weighted by atomic mass is 16.5. The van der Waals surface area contributed by atoms with Crippen LogP contribution in [0, 0.1) is 6.92 Å². The maximum Gasteiger partial charge on any atom is 0.251 e. The molecule has 0 bridgehead atoms. The maximum absolute atomic E-state index is 12.3. The van der Waals surface area contributed by atoms with E-state index in [2.05, 4.69) is 10.3 Å². The summed E-state index contributed by atoms with van der Waals surface area (Å²) in [6.07, 6.45) is 0. The number of carbonyl (C=O) groups excluding carboxylic acids is 2. The molecule has 0 saturated heterocycles. The molecule has 0 aliphatic heterocycles. The van der Waals surface area contributed by atoms with E-state index in [4.69, 9.17) is 4.74 Å². The fourth-order valence-corrected chi connectivity index (χ4v) is 2.37. The first-order valence-electron chi connectivity index (χ1n) is 7.35. The van der Waals surface area contributed by atoms with Gasteiger partial charge in [-0.3, -0.25) is 14.6 Å². The first kappa shape index (κ1) is 16.8. The van der Waals surface area contributed by atoms with Crippen LogP contribution in [-0.2, 0) is 17.9 Å². The molecular weight excluding hydrogens is 292 g/mol. The number of rotatable bonds is 6. The van der Waals surface area contributed by atoms with Gasteiger partial charge in [0.2, 0.25) is 0 Å². The summed E-state index contributed by atoms with van der Waals surface area (Å²) >= 11 is 0. The molecule has 5 nitrogen and oxygen atoms in total. The Kier molecular flexibility index (Phi) is 5.60. The lowest BCUT2D eigenvalue weighted by atomic mass is 10.1. The fraction of sp³-hybridized carbons (Fsp3) is 0.278. The van der Waals surface area contributed by atoms with E-state index >= 15 is 0 Å². The molecule has 0 fully saturated rings. The second-order valence-electron chi connectivity index (χ2n) is 5.26. The summed E-state index contributed by atoms with van der Waals surface area (Å²) in [4.78, 5) is 28.1. The number of methoxy groups -OCH3 is 1. The summed E-state index contributed by atoms with van der Waals surface area (Å²) in [7, 11) is 1.60. The SMILES string of the molecule is COCc1ccccc1C(=O)NCc1ccc(C(C)=O)c(C)n1. The van der Waals surface area contributed by atoms with Crippen LogP contribution >= 0.6 is 0 Å². The standard InChI is InChI=1S/C18H20N2O3/c1-12-16(13(2)21)9-8-15(20-12)10-19-18(22)17-7-5-4-6-14(17)11-23-3/h4-9H,10-11H2,1-3H3,(H,19,22). The van der Waals surface area contributed by atoms with Crippen molar-refractivity contribution >= 4 is 11.7 Å². The molecule has 2 rings (SSSR count). The van der Waals surface area contributed by atoms with Gasteiger partial charge in [-0.1, -0.05) is 18.2 Å². The summed E-state index contributed by atoms with van der Waals surface area (Å²) in [5, 5.41) is 2.85. The second-order valence-corrected chi connectivity index (χ2v) is 5.26. The molecule has 23 heavy (non-hydrogen) atoms. The third-order valence-electron chi connectivity index (χ3n) is 3.51. The second kappa shape index (κ2) is 7.65. The van der Waals surface area contributed by atoms with Crippen molar-refractivity contribution in [1.82, 2.24) is 10.3 Å². The average Bonchev–Trinajstić information content (AvgIpc) is 2.53. The molecule has 0 unspecified atom stereocenters. The van der Waals surface area contributed by atoms with Crippen molar-refractivity contribution in [1.29, 1.82) is 0 Å². The third kappa shape index (κ3) is 4.23. The summed E-state index contributed by atoms with van der Waals surface area (Å²) < 4.78 is 5.11. The molecule has 0 radical (unpaired) electrons. The number of amides is 1. The zero-order chi connectivity index (χ0) is 16.8. The number of hydrogen-bond donors (Lipinski definition) is 1. The first-order chi connectivity index (χ1) is 11.0. The third-order valence-corrected chi connectivity index (χ3v) is 3.51. The van der Waals surface area contributed by atoms with Crippen molar-refractivity contribution in [3.05, 3.63) is 64.5 Å². The van der Waals surface area contributed by atoms with Crippen LogP contribution in [-0.4, -0.2) is 23.8 Å². The maximum atomic E-state index is 12.3. The van der Waals surface area contributed by atoms with Crippen molar-refractivity contribution in [2.75, 3.05) is 7.11 Å². The van der Waals surface area contributed by atoms with Gasteiger partial charge in [0.05, 0.1) is 18.8 Å². The lowest BCUT2D eigenvalue weighted by Gasteiger charge is -2.10. The van der Waals surface area contributed by atoms with Gasteiger partial charge >= 0.3 is 0 Å². The van der Waals surface area contributed by atoms with Crippen LogP contribution in [0.3, 0.4) is 0 Å². The Balaban J connectivity index is 2.08. The largest absolute Gasteiger partial charge is 0.380 e. The summed E-state index contributed by atoms with van der Waals surface area (Å²) in [5.41, 5.74) is 3.41. The Morgan fingerprint density at radius 3 is 2.52 bits per heavy atom. The van der Waals surface area contributed by atoms with Gasteiger partial charge in [-0.15, -0.1) is 0 Å². The van der Waals surface area contributed by atoms with Crippen molar-refractivity contribution in [2.45, 2.75) is 27.0 Å². The minimum atomic E-state index is -0.173. The number of aryl methyl sites for hydroxylation is 1.